The largest absolute Gasteiger partial charge is 0.313 e. The Bertz CT molecular complexity index is 499. The van der Waals surface area contributed by atoms with Crippen LogP contribution in [0.5, 0.6) is 0 Å². The minimum Gasteiger partial charge on any atom is -0.313 e. The standard InChI is InChI=1S/C12H18N2O2S/c1-10-4-3-5-11(8-10)12-9-13-6-7-14(12)17(2,15)16/h3-5,8,12-13H,6-7,9H2,1-2H3. The first-order valence-electron chi connectivity index (χ1n) is 5.72. The van der Waals surface area contributed by atoms with E-state index >= 15 is 0 Å². The normalized spacial score (nSPS) is 22.6. The topological polar surface area (TPSA) is 49.4 Å². The number of hydrogen-bond acceptors (Lipinski definition) is 3. The van der Waals surface area contributed by atoms with Crippen molar-refractivity contribution in [1.29, 1.82) is 0 Å². The summed E-state index contributed by atoms with van der Waals surface area (Å²) in [4.78, 5) is 0. The van der Waals surface area contributed by atoms with Crippen molar-refractivity contribution in [3.8, 4) is 0 Å². The van der Waals surface area contributed by atoms with Gasteiger partial charge in [0.05, 0.1) is 12.3 Å². The lowest BCUT2D eigenvalue weighted by Gasteiger charge is -2.34. The number of hydrogen-bond donors (Lipinski definition) is 1. The van der Waals surface area contributed by atoms with E-state index in [0.29, 0.717) is 13.1 Å². The highest BCUT2D eigenvalue weighted by Gasteiger charge is 2.30. The highest BCUT2D eigenvalue weighted by Crippen LogP contribution is 2.25. The number of piperazine rings is 1. The molecule has 0 amide bonds. The first-order chi connectivity index (χ1) is 7.98. The van der Waals surface area contributed by atoms with E-state index in [9.17, 15) is 8.42 Å². The molecule has 94 valence electrons. The second kappa shape index (κ2) is 4.76. The van der Waals surface area contributed by atoms with Gasteiger partial charge in [-0.15, -0.1) is 0 Å². The molecule has 0 bridgehead atoms. The molecule has 1 atom stereocenters. The highest BCUT2D eigenvalue weighted by atomic mass is 32.2. The van der Waals surface area contributed by atoms with E-state index in [4.69, 9.17) is 0 Å². The molecule has 1 aromatic rings. The van der Waals surface area contributed by atoms with Crippen LogP contribution in [0, 0.1) is 6.92 Å². The Morgan fingerprint density at radius 1 is 1.41 bits per heavy atom. The first kappa shape index (κ1) is 12.5. The average molecular weight is 254 g/mol. The fourth-order valence-corrected chi connectivity index (χ4v) is 3.33. The molecule has 1 heterocycles. The summed E-state index contributed by atoms with van der Waals surface area (Å²) in [7, 11) is -3.14. The first-order valence-corrected chi connectivity index (χ1v) is 7.57. The van der Waals surface area contributed by atoms with E-state index in [1.165, 1.54) is 6.26 Å². The summed E-state index contributed by atoms with van der Waals surface area (Å²) in [6.45, 7) is 3.95. The van der Waals surface area contributed by atoms with Gasteiger partial charge >= 0.3 is 0 Å². The second-order valence-corrected chi connectivity index (χ2v) is 6.44. The van der Waals surface area contributed by atoms with Crippen molar-refractivity contribution in [2.45, 2.75) is 13.0 Å². The molecule has 1 fully saturated rings. The van der Waals surface area contributed by atoms with Crippen molar-refractivity contribution in [3.63, 3.8) is 0 Å². The van der Waals surface area contributed by atoms with Crippen LogP contribution in [0.25, 0.3) is 0 Å². The molecule has 1 N–H and O–H groups in total. The van der Waals surface area contributed by atoms with Gasteiger partial charge < -0.3 is 5.32 Å². The van der Waals surface area contributed by atoms with Gasteiger partial charge in [-0.25, -0.2) is 8.42 Å². The molecular formula is C12H18N2O2S. The van der Waals surface area contributed by atoms with E-state index in [-0.39, 0.29) is 6.04 Å². The smallest absolute Gasteiger partial charge is 0.211 e. The molecular weight excluding hydrogens is 236 g/mol. The number of aryl methyl sites for hydroxylation is 1. The molecule has 2 rings (SSSR count). The average Bonchev–Trinajstić information content (AvgIpc) is 2.28. The Labute approximate surface area is 103 Å². The van der Waals surface area contributed by atoms with Gasteiger partial charge in [0.1, 0.15) is 0 Å². The minimum absolute atomic E-state index is 0.0846. The van der Waals surface area contributed by atoms with Crippen molar-refractivity contribution in [2.24, 2.45) is 0 Å². The summed E-state index contributed by atoms with van der Waals surface area (Å²) in [5.74, 6) is 0. The predicted octanol–water partition coefficient (Wildman–Crippen LogP) is 0.901. The number of rotatable bonds is 2. The minimum atomic E-state index is -3.14. The van der Waals surface area contributed by atoms with Gasteiger partial charge in [-0.05, 0) is 12.5 Å². The van der Waals surface area contributed by atoms with Crippen LogP contribution in [-0.2, 0) is 10.0 Å². The maximum atomic E-state index is 11.8. The third-order valence-corrected chi connectivity index (χ3v) is 4.34. The van der Waals surface area contributed by atoms with Crippen LogP contribution in [0.2, 0.25) is 0 Å². The summed E-state index contributed by atoms with van der Waals surface area (Å²) in [6, 6.07) is 7.95. The molecule has 1 aromatic carbocycles. The lowest BCUT2D eigenvalue weighted by atomic mass is 10.0. The summed E-state index contributed by atoms with van der Waals surface area (Å²) in [5.41, 5.74) is 2.21. The Balaban J connectivity index is 2.34. The highest BCUT2D eigenvalue weighted by molar-refractivity contribution is 7.88. The van der Waals surface area contributed by atoms with Crippen LogP contribution >= 0.6 is 0 Å². The summed E-state index contributed by atoms with van der Waals surface area (Å²) in [6.07, 6.45) is 1.28. The molecule has 17 heavy (non-hydrogen) atoms. The van der Waals surface area contributed by atoms with Crippen molar-refractivity contribution < 1.29 is 8.42 Å². The van der Waals surface area contributed by atoms with Crippen LogP contribution in [-0.4, -0.2) is 38.6 Å². The third-order valence-electron chi connectivity index (χ3n) is 3.05. The molecule has 1 aliphatic heterocycles. The van der Waals surface area contributed by atoms with E-state index in [1.807, 2.05) is 25.1 Å². The molecule has 0 spiro atoms. The molecule has 0 radical (unpaired) electrons. The van der Waals surface area contributed by atoms with Crippen molar-refractivity contribution in [3.05, 3.63) is 35.4 Å². The van der Waals surface area contributed by atoms with Gasteiger partial charge in [-0.1, -0.05) is 29.8 Å². The van der Waals surface area contributed by atoms with Gasteiger partial charge in [-0.3, -0.25) is 0 Å². The second-order valence-electron chi connectivity index (χ2n) is 4.51. The Hall–Kier alpha value is -0.910. The Morgan fingerprint density at radius 2 is 2.18 bits per heavy atom. The van der Waals surface area contributed by atoms with Crippen LogP contribution in [0.15, 0.2) is 24.3 Å². The van der Waals surface area contributed by atoms with E-state index in [1.54, 1.807) is 4.31 Å². The molecule has 1 aliphatic rings. The molecule has 1 saturated heterocycles. The van der Waals surface area contributed by atoms with E-state index < -0.39 is 10.0 Å². The number of nitrogens with one attached hydrogen (secondary N) is 1. The van der Waals surface area contributed by atoms with Gasteiger partial charge in [0.2, 0.25) is 10.0 Å². The fraction of sp³-hybridized carbons (Fsp3) is 0.500. The van der Waals surface area contributed by atoms with Crippen molar-refractivity contribution in [2.75, 3.05) is 25.9 Å². The van der Waals surface area contributed by atoms with Crippen LogP contribution in [0.4, 0.5) is 0 Å². The van der Waals surface area contributed by atoms with Gasteiger partial charge in [0, 0.05) is 19.6 Å². The maximum absolute atomic E-state index is 11.8. The van der Waals surface area contributed by atoms with Gasteiger partial charge in [-0.2, -0.15) is 4.31 Å². The zero-order chi connectivity index (χ0) is 12.5. The van der Waals surface area contributed by atoms with Crippen LogP contribution < -0.4 is 5.32 Å². The third kappa shape index (κ3) is 2.86. The fourth-order valence-electron chi connectivity index (χ4n) is 2.24. The lowest BCUT2D eigenvalue weighted by molar-refractivity contribution is 0.273. The van der Waals surface area contributed by atoms with Gasteiger partial charge in [0.15, 0.2) is 0 Å². The number of benzene rings is 1. The zero-order valence-corrected chi connectivity index (χ0v) is 11.0. The number of sulfonamides is 1. The summed E-state index contributed by atoms with van der Waals surface area (Å²) >= 11 is 0. The van der Waals surface area contributed by atoms with E-state index in [2.05, 4.69) is 11.4 Å². The quantitative estimate of drug-likeness (QED) is 0.853. The Morgan fingerprint density at radius 3 is 2.82 bits per heavy atom. The van der Waals surface area contributed by atoms with Crippen LogP contribution in [0.3, 0.4) is 0 Å². The van der Waals surface area contributed by atoms with Gasteiger partial charge in [0.25, 0.3) is 0 Å². The Kier molecular flexibility index (Phi) is 3.51. The molecule has 4 nitrogen and oxygen atoms in total. The SMILES string of the molecule is Cc1cccc(C2CNCCN2S(C)(=O)=O)c1. The predicted molar refractivity (Wildman–Crippen MR) is 68.3 cm³/mol. The molecule has 1 unspecified atom stereocenters. The van der Waals surface area contributed by atoms with Crippen LogP contribution in [0.1, 0.15) is 17.2 Å². The monoisotopic (exact) mass is 254 g/mol. The van der Waals surface area contributed by atoms with Crippen molar-refractivity contribution in [1.82, 2.24) is 9.62 Å². The molecule has 0 aromatic heterocycles. The van der Waals surface area contributed by atoms with Crippen molar-refractivity contribution >= 4 is 10.0 Å². The zero-order valence-electron chi connectivity index (χ0n) is 10.2. The summed E-state index contributed by atoms with van der Waals surface area (Å²) < 4.78 is 25.1. The summed E-state index contributed by atoms with van der Waals surface area (Å²) in [5, 5.41) is 3.25. The van der Waals surface area contributed by atoms with E-state index in [0.717, 1.165) is 17.7 Å². The number of nitrogens with zero attached hydrogens (tertiary/aromatic N) is 1. The lowest BCUT2D eigenvalue weighted by Crippen LogP contribution is -2.48. The molecule has 0 saturated carbocycles. The molecule has 5 heteroatoms. The molecule has 0 aliphatic carbocycles. The maximum Gasteiger partial charge on any atom is 0.211 e.